The summed E-state index contributed by atoms with van der Waals surface area (Å²) in [6, 6.07) is 9.57. The zero-order chi connectivity index (χ0) is 23.3. The van der Waals surface area contributed by atoms with Gasteiger partial charge in [-0.3, -0.25) is 19.2 Å². The monoisotopic (exact) mass is 462 g/mol. The summed E-state index contributed by atoms with van der Waals surface area (Å²) >= 11 is 0. The molecule has 1 aliphatic heterocycles. The van der Waals surface area contributed by atoms with Gasteiger partial charge in [-0.15, -0.1) is 0 Å². The van der Waals surface area contributed by atoms with Gasteiger partial charge in [-0.1, -0.05) is 13.3 Å². The van der Waals surface area contributed by atoms with Crippen LogP contribution < -0.4 is 14.4 Å². The molecule has 2 aromatic rings. The summed E-state index contributed by atoms with van der Waals surface area (Å²) in [7, 11) is -4.07. The van der Waals surface area contributed by atoms with Crippen LogP contribution in [0.4, 0.5) is 11.4 Å². The first kappa shape index (κ1) is 23.1. The smallest absolute Gasteiger partial charge is 0.338 e. The third-order valence-corrected chi connectivity index (χ3v) is 5.96. The number of rotatable bonds is 9. The van der Waals surface area contributed by atoms with E-state index in [4.69, 9.17) is 14.6 Å². The van der Waals surface area contributed by atoms with E-state index in [1.165, 1.54) is 42.5 Å². The summed E-state index contributed by atoms with van der Waals surface area (Å²) in [6.45, 7) is 1.33. The Morgan fingerprint density at radius 3 is 2.56 bits per heavy atom. The Bertz CT molecular complexity index is 1130. The largest absolute Gasteiger partial charge is 0.482 e. The molecule has 2 N–H and O–H groups in total. The predicted octanol–water partition coefficient (Wildman–Crippen LogP) is 2.25. The van der Waals surface area contributed by atoms with Crippen molar-refractivity contribution in [2.24, 2.45) is 0 Å². The Hall–Kier alpha value is -3.60. The number of nitrogens with zero attached hydrogens (tertiary/aromatic N) is 1. The average Bonchev–Trinajstić information content (AvgIpc) is 2.75. The van der Waals surface area contributed by atoms with Gasteiger partial charge in [0.15, 0.2) is 6.61 Å². The van der Waals surface area contributed by atoms with Crippen molar-refractivity contribution in [3.05, 3.63) is 48.0 Å². The summed E-state index contributed by atoms with van der Waals surface area (Å²) < 4.78 is 38.4. The van der Waals surface area contributed by atoms with Crippen LogP contribution in [0.25, 0.3) is 0 Å². The van der Waals surface area contributed by atoms with Crippen LogP contribution in [0.5, 0.6) is 5.75 Å². The predicted molar refractivity (Wildman–Crippen MR) is 114 cm³/mol. The molecule has 170 valence electrons. The van der Waals surface area contributed by atoms with Crippen molar-refractivity contribution >= 4 is 39.2 Å². The normalized spacial score (nSPS) is 13.2. The quantitative estimate of drug-likeness (QED) is 0.427. The van der Waals surface area contributed by atoms with Gasteiger partial charge in [-0.25, -0.2) is 13.2 Å². The Kier molecular flexibility index (Phi) is 6.98. The lowest BCUT2D eigenvalue weighted by molar-refractivity contribution is -0.137. The Morgan fingerprint density at radius 2 is 1.91 bits per heavy atom. The number of carbonyl (C=O) groups excluding carboxylic acids is 2. The maximum absolute atomic E-state index is 12.8. The molecular formula is C21H22N2O8S. The first-order valence-corrected chi connectivity index (χ1v) is 11.3. The maximum atomic E-state index is 12.8. The van der Waals surface area contributed by atoms with Crippen molar-refractivity contribution in [3.8, 4) is 5.75 Å². The molecule has 1 heterocycles. The second-order valence-electron chi connectivity index (χ2n) is 6.96. The molecule has 11 heteroatoms. The molecule has 0 saturated heterocycles. The van der Waals surface area contributed by atoms with Crippen LogP contribution in [-0.4, -0.2) is 51.1 Å². The fourth-order valence-electron chi connectivity index (χ4n) is 2.94. The van der Waals surface area contributed by atoms with Crippen molar-refractivity contribution in [2.45, 2.75) is 24.7 Å². The number of hydrogen-bond acceptors (Lipinski definition) is 7. The first-order chi connectivity index (χ1) is 15.2. The lowest BCUT2D eigenvalue weighted by Gasteiger charge is -2.28. The fraction of sp³-hybridized carbons (Fsp3) is 0.286. The van der Waals surface area contributed by atoms with Crippen LogP contribution in [0.2, 0.25) is 0 Å². The standard InChI is InChI=1S/C21H22N2O8S/c1-2-3-10-30-21(27)14-4-6-15(7-5-14)22-32(28,29)16-8-9-18-17(11-16)23(12-20(25)26)19(24)13-31-18/h4-9,11,22H,2-3,10,12-13H2,1H3,(H,25,26). The number of nitrogens with one attached hydrogen (secondary N) is 1. The minimum Gasteiger partial charge on any atom is -0.482 e. The number of unbranched alkanes of at least 4 members (excludes halogenated alkanes) is 1. The number of anilines is 2. The summed E-state index contributed by atoms with van der Waals surface area (Å²) in [5.41, 5.74) is 0.553. The highest BCUT2D eigenvalue weighted by Gasteiger charge is 2.29. The van der Waals surface area contributed by atoms with E-state index in [2.05, 4.69) is 4.72 Å². The number of benzene rings is 2. The van der Waals surface area contributed by atoms with Gasteiger partial charge >= 0.3 is 11.9 Å². The van der Waals surface area contributed by atoms with Crippen molar-refractivity contribution in [3.63, 3.8) is 0 Å². The molecule has 0 bridgehead atoms. The van der Waals surface area contributed by atoms with Crippen molar-refractivity contribution in [1.29, 1.82) is 0 Å². The minimum atomic E-state index is -4.07. The molecule has 0 unspecified atom stereocenters. The molecule has 10 nitrogen and oxygen atoms in total. The second kappa shape index (κ2) is 9.69. The van der Waals surface area contributed by atoms with Crippen LogP contribution >= 0.6 is 0 Å². The topological polar surface area (TPSA) is 139 Å². The highest BCUT2D eigenvalue weighted by molar-refractivity contribution is 7.92. The number of ether oxygens (including phenoxy) is 2. The molecule has 0 spiro atoms. The average molecular weight is 462 g/mol. The number of aliphatic carboxylic acids is 1. The molecule has 0 radical (unpaired) electrons. The van der Waals surface area contributed by atoms with E-state index < -0.39 is 34.4 Å². The molecule has 3 rings (SSSR count). The van der Waals surface area contributed by atoms with Gasteiger partial charge in [0.05, 0.1) is 22.8 Å². The van der Waals surface area contributed by atoms with Crippen LogP contribution in [-0.2, 0) is 24.3 Å². The van der Waals surface area contributed by atoms with Gasteiger partial charge in [0.25, 0.3) is 15.9 Å². The number of carboxylic acids is 1. The van der Waals surface area contributed by atoms with E-state index in [9.17, 15) is 22.8 Å². The lowest BCUT2D eigenvalue weighted by Crippen LogP contribution is -2.42. The summed E-state index contributed by atoms with van der Waals surface area (Å²) in [6.07, 6.45) is 1.65. The van der Waals surface area contributed by atoms with E-state index in [-0.39, 0.29) is 34.2 Å². The zero-order valence-electron chi connectivity index (χ0n) is 17.2. The SMILES string of the molecule is CCCCOC(=O)c1ccc(NS(=O)(=O)c2ccc3c(c2)N(CC(=O)O)C(=O)CO3)cc1. The molecule has 0 atom stereocenters. The van der Waals surface area contributed by atoms with Crippen LogP contribution in [0, 0.1) is 0 Å². The van der Waals surface area contributed by atoms with Gasteiger partial charge in [-0.2, -0.15) is 0 Å². The Morgan fingerprint density at radius 1 is 1.19 bits per heavy atom. The van der Waals surface area contributed by atoms with Gasteiger partial charge in [0.2, 0.25) is 0 Å². The van der Waals surface area contributed by atoms with Crippen LogP contribution in [0.3, 0.4) is 0 Å². The van der Waals surface area contributed by atoms with Crippen molar-refractivity contribution in [2.75, 3.05) is 29.4 Å². The molecule has 0 fully saturated rings. The van der Waals surface area contributed by atoms with Gasteiger partial charge in [0, 0.05) is 5.69 Å². The molecule has 1 aliphatic rings. The zero-order valence-corrected chi connectivity index (χ0v) is 18.1. The summed E-state index contributed by atoms with van der Waals surface area (Å²) in [5.74, 6) is -2.13. The van der Waals surface area contributed by atoms with Gasteiger partial charge < -0.3 is 14.6 Å². The van der Waals surface area contributed by atoms with Crippen LogP contribution in [0.1, 0.15) is 30.1 Å². The van der Waals surface area contributed by atoms with E-state index >= 15 is 0 Å². The Balaban J connectivity index is 1.79. The molecule has 32 heavy (non-hydrogen) atoms. The number of hydrogen-bond donors (Lipinski definition) is 2. The number of amides is 1. The van der Waals surface area contributed by atoms with Crippen molar-refractivity contribution < 1.29 is 37.4 Å². The molecule has 0 aromatic heterocycles. The van der Waals surface area contributed by atoms with Gasteiger partial charge in [-0.05, 0) is 48.9 Å². The summed E-state index contributed by atoms with van der Waals surface area (Å²) in [4.78, 5) is 35.9. The van der Waals surface area contributed by atoms with E-state index in [0.29, 0.717) is 6.61 Å². The third kappa shape index (κ3) is 5.35. The number of sulfonamides is 1. The highest BCUT2D eigenvalue weighted by atomic mass is 32.2. The molecule has 0 saturated carbocycles. The molecule has 2 aromatic carbocycles. The highest BCUT2D eigenvalue weighted by Crippen LogP contribution is 2.34. The first-order valence-electron chi connectivity index (χ1n) is 9.80. The molecular weight excluding hydrogens is 440 g/mol. The van der Waals surface area contributed by atoms with Gasteiger partial charge in [0.1, 0.15) is 12.3 Å². The second-order valence-corrected chi connectivity index (χ2v) is 8.65. The minimum absolute atomic E-state index is 0.0525. The van der Waals surface area contributed by atoms with E-state index in [0.717, 1.165) is 17.7 Å². The maximum Gasteiger partial charge on any atom is 0.338 e. The number of fused-ring (bicyclic) bond motifs is 1. The number of carboxylic acid groups (broad SMARTS) is 1. The Labute approximate surface area is 184 Å². The lowest BCUT2D eigenvalue weighted by atomic mass is 10.2. The molecule has 0 aliphatic carbocycles. The van der Waals surface area contributed by atoms with E-state index in [1.54, 1.807) is 0 Å². The molecule has 1 amide bonds. The van der Waals surface area contributed by atoms with Crippen molar-refractivity contribution in [1.82, 2.24) is 0 Å². The fourth-order valence-corrected chi connectivity index (χ4v) is 4.02. The van der Waals surface area contributed by atoms with Crippen LogP contribution in [0.15, 0.2) is 47.4 Å². The van der Waals surface area contributed by atoms with E-state index in [1.807, 2.05) is 6.92 Å². The number of carbonyl (C=O) groups is 3. The summed E-state index contributed by atoms with van der Waals surface area (Å²) in [5, 5.41) is 9.06. The number of esters is 1. The third-order valence-electron chi connectivity index (χ3n) is 4.58.